The molecule has 26 heavy (non-hydrogen) atoms. The van der Waals surface area contributed by atoms with Gasteiger partial charge in [0.25, 0.3) is 5.97 Å². The Hall–Kier alpha value is -0.900. The number of aliphatic carboxylic acids is 1. The molecule has 4 aliphatic rings. The molecule has 0 aromatic rings. The smallest absolute Gasteiger partial charge is 0.300 e. The molecule has 0 saturated heterocycles. The van der Waals surface area contributed by atoms with Crippen molar-refractivity contribution in [3.63, 3.8) is 0 Å². The summed E-state index contributed by atoms with van der Waals surface area (Å²) in [4.78, 5) is 21.2. The van der Waals surface area contributed by atoms with E-state index >= 15 is 0 Å². The first kappa shape index (κ1) is 19.9. The van der Waals surface area contributed by atoms with Crippen LogP contribution in [-0.4, -0.2) is 28.6 Å². The summed E-state index contributed by atoms with van der Waals surface area (Å²) in [7, 11) is 0. The maximum absolute atomic E-state index is 12.2. The highest BCUT2D eigenvalue weighted by Gasteiger charge is 2.57. The lowest BCUT2D eigenvalue weighted by atomic mass is 9.49. The van der Waals surface area contributed by atoms with Gasteiger partial charge in [0.05, 0.1) is 0 Å². The third kappa shape index (κ3) is 3.58. The van der Waals surface area contributed by atoms with Gasteiger partial charge in [0.1, 0.15) is 6.61 Å². The number of aliphatic hydroxyl groups is 1. The van der Waals surface area contributed by atoms with Gasteiger partial charge >= 0.3 is 0 Å². The van der Waals surface area contributed by atoms with E-state index < -0.39 is 5.97 Å². The van der Waals surface area contributed by atoms with E-state index in [4.69, 9.17) is 9.90 Å². The molecule has 0 aromatic heterocycles. The molecule has 4 saturated carbocycles. The third-order valence-electron chi connectivity index (χ3n) is 8.43. The SMILES string of the molecule is CC(=O)O.CC12CCC3C4CCCCC4CCC3C1CCC2C(=O)CO. The van der Waals surface area contributed by atoms with Crippen molar-refractivity contribution in [2.24, 2.45) is 40.9 Å². The Balaban J connectivity index is 0.000000447. The normalized spacial score (nSPS) is 44.0. The van der Waals surface area contributed by atoms with Crippen LogP contribution in [0.5, 0.6) is 0 Å². The number of fused-ring (bicyclic) bond motifs is 5. The highest BCUT2D eigenvalue weighted by Crippen LogP contribution is 2.64. The van der Waals surface area contributed by atoms with Crippen LogP contribution in [0, 0.1) is 40.9 Å². The predicted octanol–water partition coefficient (Wildman–Crippen LogP) is 4.30. The summed E-state index contributed by atoms with van der Waals surface area (Å²) in [5.41, 5.74) is 0.197. The van der Waals surface area contributed by atoms with Crippen molar-refractivity contribution in [3.8, 4) is 0 Å². The van der Waals surface area contributed by atoms with Gasteiger partial charge in [0.15, 0.2) is 5.78 Å². The number of aliphatic hydroxyl groups excluding tert-OH is 1. The summed E-state index contributed by atoms with van der Waals surface area (Å²) in [5, 5.41) is 16.8. The second kappa shape index (κ2) is 8.00. The Bertz CT molecular complexity index is 526. The molecule has 0 radical (unpaired) electrons. The number of hydrogen-bond donors (Lipinski definition) is 2. The van der Waals surface area contributed by atoms with Crippen LogP contribution in [0.4, 0.5) is 0 Å². The number of ketones is 1. The average Bonchev–Trinajstić information content (AvgIpc) is 2.97. The van der Waals surface area contributed by atoms with Crippen LogP contribution < -0.4 is 0 Å². The van der Waals surface area contributed by atoms with E-state index in [0.717, 1.165) is 42.9 Å². The minimum absolute atomic E-state index is 0.120. The molecule has 0 spiro atoms. The summed E-state index contributed by atoms with van der Waals surface area (Å²) in [6, 6.07) is 0. The van der Waals surface area contributed by atoms with Crippen molar-refractivity contribution >= 4 is 11.8 Å². The lowest BCUT2D eigenvalue weighted by Gasteiger charge is -2.55. The van der Waals surface area contributed by atoms with Crippen LogP contribution >= 0.6 is 0 Å². The molecule has 4 heteroatoms. The summed E-state index contributed by atoms with van der Waals surface area (Å²) < 4.78 is 0. The van der Waals surface area contributed by atoms with Crippen molar-refractivity contribution in [1.29, 1.82) is 0 Å². The predicted molar refractivity (Wildman–Crippen MR) is 101 cm³/mol. The van der Waals surface area contributed by atoms with E-state index in [2.05, 4.69) is 6.92 Å². The third-order valence-corrected chi connectivity index (χ3v) is 8.43. The molecule has 7 atom stereocenters. The van der Waals surface area contributed by atoms with Crippen molar-refractivity contribution in [2.75, 3.05) is 6.61 Å². The first-order valence-corrected chi connectivity index (χ1v) is 10.7. The minimum atomic E-state index is -0.833. The van der Waals surface area contributed by atoms with Gasteiger partial charge < -0.3 is 10.2 Å². The molecule has 0 heterocycles. The van der Waals surface area contributed by atoms with Gasteiger partial charge in [0, 0.05) is 12.8 Å². The van der Waals surface area contributed by atoms with Crippen molar-refractivity contribution in [2.45, 2.75) is 78.1 Å². The van der Waals surface area contributed by atoms with Gasteiger partial charge in [-0.15, -0.1) is 0 Å². The topological polar surface area (TPSA) is 74.6 Å². The van der Waals surface area contributed by atoms with E-state index in [1.54, 1.807) is 0 Å². The average molecular weight is 365 g/mol. The molecule has 0 bridgehead atoms. The second-order valence-electron chi connectivity index (χ2n) is 9.54. The van der Waals surface area contributed by atoms with E-state index in [1.807, 2.05) is 0 Å². The Kier molecular flexibility index (Phi) is 6.11. The largest absolute Gasteiger partial charge is 0.481 e. The van der Waals surface area contributed by atoms with Crippen LogP contribution in [0.2, 0.25) is 0 Å². The van der Waals surface area contributed by atoms with Gasteiger partial charge in [-0.3, -0.25) is 9.59 Å². The molecule has 7 unspecified atom stereocenters. The van der Waals surface area contributed by atoms with Gasteiger partial charge in [-0.25, -0.2) is 0 Å². The molecular formula is C22H36O4. The van der Waals surface area contributed by atoms with E-state index in [0.29, 0.717) is 0 Å². The number of carboxylic acids is 1. The fourth-order valence-electron chi connectivity index (χ4n) is 7.47. The standard InChI is InChI=1S/C20H32O2.C2H4O2/c1-20-11-10-15-14-5-3-2-4-13(14)6-7-16(15)17(20)8-9-18(20)19(22)12-21;1-2(3)4/h13-18,21H,2-12H2,1H3;1H3,(H,3,4). The summed E-state index contributed by atoms with van der Waals surface area (Å²) in [6.45, 7) is 3.22. The quantitative estimate of drug-likeness (QED) is 0.766. The summed E-state index contributed by atoms with van der Waals surface area (Å²) in [6.07, 6.45) is 13.6. The Morgan fingerprint density at radius 3 is 2.31 bits per heavy atom. The van der Waals surface area contributed by atoms with Crippen LogP contribution in [0.1, 0.15) is 78.1 Å². The molecular weight excluding hydrogens is 328 g/mol. The maximum atomic E-state index is 12.2. The second-order valence-corrected chi connectivity index (χ2v) is 9.54. The molecule has 2 N–H and O–H groups in total. The molecule has 4 rings (SSSR count). The Labute approximate surface area is 157 Å². The molecule has 0 aromatic carbocycles. The van der Waals surface area contributed by atoms with Crippen molar-refractivity contribution in [3.05, 3.63) is 0 Å². The van der Waals surface area contributed by atoms with E-state index in [1.165, 1.54) is 57.8 Å². The number of carboxylic acid groups (broad SMARTS) is 1. The first-order chi connectivity index (χ1) is 12.4. The van der Waals surface area contributed by atoms with Gasteiger partial charge in [-0.1, -0.05) is 26.2 Å². The zero-order valence-electron chi connectivity index (χ0n) is 16.5. The number of carbonyl (C=O) groups is 2. The molecule has 4 fully saturated rings. The van der Waals surface area contributed by atoms with Gasteiger partial charge in [0.2, 0.25) is 0 Å². The Morgan fingerprint density at radius 2 is 1.62 bits per heavy atom. The molecule has 0 amide bonds. The summed E-state index contributed by atoms with van der Waals surface area (Å²) >= 11 is 0. The highest BCUT2D eigenvalue weighted by molar-refractivity contribution is 5.83. The lowest BCUT2D eigenvalue weighted by Crippen LogP contribution is -2.49. The number of hydrogen-bond acceptors (Lipinski definition) is 3. The van der Waals surface area contributed by atoms with E-state index in [9.17, 15) is 9.90 Å². The fourth-order valence-corrected chi connectivity index (χ4v) is 7.47. The van der Waals surface area contributed by atoms with E-state index in [-0.39, 0.29) is 23.7 Å². The zero-order valence-corrected chi connectivity index (χ0v) is 16.5. The van der Waals surface area contributed by atoms with Crippen LogP contribution in [0.3, 0.4) is 0 Å². The van der Waals surface area contributed by atoms with Crippen LogP contribution in [0.25, 0.3) is 0 Å². The zero-order chi connectivity index (χ0) is 18.9. The first-order valence-electron chi connectivity index (χ1n) is 10.7. The maximum Gasteiger partial charge on any atom is 0.300 e. The van der Waals surface area contributed by atoms with Crippen LogP contribution in [-0.2, 0) is 9.59 Å². The molecule has 148 valence electrons. The van der Waals surface area contributed by atoms with Crippen LogP contribution in [0.15, 0.2) is 0 Å². The highest BCUT2D eigenvalue weighted by atomic mass is 16.4. The number of rotatable bonds is 2. The summed E-state index contributed by atoms with van der Waals surface area (Å²) in [5.74, 6) is 4.06. The lowest BCUT2D eigenvalue weighted by molar-refractivity contribution is -0.134. The Morgan fingerprint density at radius 1 is 0.923 bits per heavy atom. The number of Topliss-reactive ketones (excluding diaryl/α,β-unsaturated/α-hetero) is 1. The van der Waals surface area contributed by atoms with Gasteiger partial charge in [-0.05, 0) is 80.0 Å². The molecule has 4 aliphatic carbocycles. The van der Waals surface area contributed by atoms with Crippen molar-refractivity contribution in [1.82, 2.24) is 0 Å². The monoisotopic (exact) mass is 364 g/mol. The molecule has 0 aliphatic heterocycles. The van der Waals surface area contributed by atoms with Gasteiger partial charge in [-0.2, -0.15) is 0 Å². The minimum Gasteiger partial charge on any atom is -0.481 e. The fraction of sp³-hybridized carbons (Fsp3) is 0.909. The number of carbonyl (C=O) groups excluding carboxylic acids is 1. The van der Waals surface area contributed by atoms with Crippen molar-refractivity contribution < 1.29 is 19.8 Å². The molecule has 4 nitrogen and oxygen atoms in total.